The Morgan fingerprint density at radius 1 is 1.44 bits per heavy atom. The number of carbonyl (C=O) groups excluding carboxylic acids is 2. The highest BCUT2D eigenvalue weighted by Gasteiger charge is 2.23. The van der Waals surface area contributed by atoms with Crippen molar-refractivity contribution in [3.8, 4) is 5.75 Å². The highest BCUT2D eigenvalue weighted by molar-refractivity contribution is 5.89. The molecule has 1 aromatic carbocycles. The monoisotopic (exact) mass is 247 g/mol. The number of Topliss-reactive ketones (excluding diaryl/α,β-unsaturated/α-hetero) is 1. The first-order valence-electron chi connectivity index (χ1n) is 6.11. The lowest BCUT2D eigenvalue weighted by Gasteiger charge is -2.14. The average molecular weight is 247 g/mol. The maximum atomic E-state index is 11.9. The molecule has 0 unspecified atom stereocenters. The van der Waals surface area contributed by atoms with Gasteiger partial charge in [-0.1, -0.05) is 12.1 Å². The van der Waals surface area contributed by atoms with Crippen molar-refractivity contribution < 1.29 is 14.3 Å². The van der Waals surface area contributed by atoms with Crippen LogP contribution in [0.1, 0.15) is 18.4 Å². The zero-order valence-electron chi connectivity index (χ0n) is 10.5. The summed E-state index contributed by atoms with van der Waals surface area (Å²) >= 11 is 0. The minimum atomic E-state index is 0.0590. The van der Waals surface area contributed by atoms with E-state index in [1.54, 1.807) is 12.0 Å². The Hall–Kier alpha value is -1.84. The van der Waals surface area contributed by atoms with Gasteiger partial charge in [-0.05, 0) is 24.1 Å². The number of hydrogen-bond acceptors (Lipinski definition) is 3. The lowest BCUT2D eigenvalue weighted by Crippen LogP contribution is -2.28. The molecule has 18 heavy (non-hydrogen) atoms. The van der Waals surface area contributed by atoms with E-state index in [1.165, 1.54) is 0 Å². The third kappa shape index (κ3) is 3.09. The molecule has 4 nitrogen and oxygen atoms in total. The van der Waals surface area contributed by atoms with Crippen LogP contribution >= 0.6 is 0 Å². The van der Waals surface area contributed by atoms with Gasteiger partial charge < -0.3 is 9.64 Å². The molecular formula is C14H17NO3. The van der Waals surface area contributed by atoms with Crippen molar-refractivity contribution in [1.82, 2.24) is 4.90 Å². The number of ether oxygens (including phenoxy) is 1. The van der Waals surface area contributed by atoms with Gasteiger partial charge in [-0.3, -0.25) is 9.59 Å². The topological polar surface area (TPSA) is 46.6 Å². The van der Waals surface area contributed by atoms with Gasteiger partial charge in [0.05, 0.1) is 13.7 Å². The molecule has 0 saturated carbocycles. The number of amides is 1. The number of nitrogens with zero attached hydrogens (tertiary/aromatic N) is 1. The third-order valence-electron chi connectivity index (χ3n) is 3.14. The molecule has 0 N–H and O–H groups in total. The second-order valence-electron chi connectivity index (χ2n) is 4.46. The minimum absolute atomic E-state index is 0.0590. The summed E-state index contributed by atoms with van der Waals surface area (Å²) in [4.78, 5) is 24.6. The largest absolute Gasteiger partial charge is 0.497 e. The molecule has 0 aromatic heterocycles. The van der Waals surface area contributed by atoms with Gasteiger partial charge in [-0.2, -0.15) is 0 Å². The summed E-state index contributed by atoms with van der Waals surface area (Å²) in [5.41, 5.74) is 1.08. The molecule has 1 heterocycles. The van der Waals surface area contributed by atoms with Gasteiger partial charge >= 0.3 is 0 Å². The fourth-order valence-electron chi connectivity index (χ4n) is 2.08. The van der Waals surface area contributed by atoms with Gasteiger partial charge in [0, 0.05) is 19.4 Å². The van der Waals surface area contributed by atoms with Gasteiger partial charge in [0.15, 0.2) is 5.78 Å². The molecule has 0 radical (unpaired) electrons. The number of hydrogen-bond donors (Lipinski definition) is 0. The van der Waals surface area contributed by atoms with Crippen LogP contribution in [0.15, 0.2) is 24.3 Å². The van der Waals surface area contributed by atoms with E-state index in [0.717, 1.165) is 11.3 Å². The number of benzene rings is 1. The van der Waals surface area contributed by atoms with E-state index < -0.39 is 0 Å². The number of rotatable bonds is 4. The number of methoxy groups -OCH3 is 1. The van der Waals surface area contributed by atoms with E-state index in [0.29, 0.717) is 25.8 Å². The Morgan fingerprint density at radius 3 is 2.94 bits per heavy atom. The maximum absolute atomic E-state index is 11.9. The van der Waals surface area contributed by atoms with E-state index in [9.17, 15) is 9.59 Å². The van der Waals surface area contributed by atoms with E-state index in [1.807, 2.05) is 24.3 Å². The Balaban J connectivity index is 1.87. The first kappa shape index (κ1) is 12.6. The molecule has 1 fully saturated rings. The Bertz CT molecular complexity index is 456. The number of aryl methyl sites for hydroxylation is 1. The number of likely N-dealkylation sites (tertiary alicyclic amines) is 1. The Labute approximate surface area is 107 Å². The van der Waals surface area contributed by atoms with Crippen molar-refractivity contribution in [1.29, 1.82) is 0 Å². The minimum Gasteiger partial charge on any atom is -0.497 e. The fourth-order valence-corrected chi connectivity index (χ4v) is 2.08. The highest BCUT2D eigenvalue weighted by Crippen LogP contribution is 2.15. The van der Waals surface area contributed by atoms with E-state index >= 15 is 0 Å². The van der Waals surface area contributed by atoms with Crippen LogP contribution in [0, 0.1) is 0 Å². The van der Waals surface area contributed by atoms with Crippen LogP contribution in [0.25, 0.3) is 0 Å². The Kier molecular flexibility index (Phi) is 3.97. The molecule has 0 aliphatic carbocycles. The van der Waals surface area contributed by atoms with Gasteiger partial charge in [0.2, 0.25) is 5.91 Å². The van der Waals surface area contributed by atoms with Crippen LogP contribution < -0.4 is 4.74 Å². The van der Waals surface area contributed by atoms with E-state index in [2.05, 4.69) is 0 Å². The lowest BCUT2D eigenvalue weighted by molar-refractivity contribution is -0.131. The summed E-state index contributed by atoms with van der Waals surface area (Å²) in [5.74, 6) is 1.02. The summed E-state index contributed by atoms with van der Waals surface area (Å²) in [7, 11) is 1.63. The van der Waals surface area contributed by atoms with Crippen molar-refractivity contribution in [2.75, 3.05) is 20.2 Å². The van der Waals surface area contributed by atoms with Crippen molar-refractivity contribution >= 4 is 11.7 Å². The van der Waals surface area contributed by atoms with Crippen LogP contribution in [-0.2, 0) is 16.0 Å². The zero-order valence-corrected chi connectivity index (χ0v) is 10.5. The van der Waals surface area contributed by atoms with Crippen molar-refractivity contribution in [2.45, 2.75) is 19.3 Å². The predicted molar refractivity (Wildman–Crippen MR) is 67.5 cm³/mol. The Morgan fingerprint density at radius 2 is 2.28 bits per heavy atom. The maximum Gasteiger partial charge on any atom is 0.223 e. The summed E-state index contributed by atoms with van der Waals surface area (Å²) < 4.78 is 5.14. The second-order valence-corrected chi connectivity index (χ2v) is 4.46. The predicted octanol–water partition coefficient (Wildman–Crippen LogP) is 1.43. The highest BCUT2D eigenvalue weighted by atomic mass is 16.5. The molecule has 0 atom stereocenters. The SMILES string of the molecule is COc1cccc(CCC(=O)N2CCC(=O)C2)c1. The van der Waals surface area contributed by atoms with Crippen LogP contribution in [-0.4, -0.2) is 36.8 Å². The molecular weight excluding hydrogens is 230 g/mol. The number of carbonyl (C=O) groups is 2. The van der Waals surface area contributed by atoms with Gasteiger partial charge in [-0.15, -0.1) is 0 Å². The average Bonchev–Trinajstić information content (AvgIpc) is 2.83. The van der Waals surface area contributed by atoms with Gasteiger partial charge in [0.1, 0.15) is 5.75 Å². The second kappa shape index (κ2) is 5.67. The quantitative estimate of drug-likeness (QED) is 0.808. The molecule has 4 heteroatoms. The van der Waals surface area contributed by atoms with Crippen molar-refractivity contribution in [3.05, 3.63) is 29.8 Å². The van der Waals surface area contributed by atoms with Gasteiger partial charge in [-0.25, -0.2) is 0 Å². The molecule has 0 bridgehead atoms. The van der Waals surface area contributed by atoms with Crippen LogP contribution in [0.2, 0.25) is 0 Å². The first-order valence-corrected chi connectivity index (χ1v) is 6.11. The smallest absolute Gasteiger partial charge is 0.223 e. The number of ketones is 1. The van der Waals surface area contributed by atoms with Crippen LogP contribution in [0.4, 0.5) is 0 Å². The summed E-state index contributed by atoms with van der Waals surface area (Å²) in [6, 6.07) is 7.70. The molecule has 1 aliphatic rings. The van der Waals surface area contributed by atoms with E-state index in [4.69, 9.17) is 4.74 Å². The summed E-state index contributed by atoms with van der Waals surface area (Å²) in [6.07, 6.45) is 1.63. The van der Waals surface area contributed by atoms with Crippen molar-refractivity contribution in [3.63, 3.8) is 0 Å². The molecule has 1 saturated heterocycles. The van der Waals surface area contributed by atoms with E-state index in [-0.39, 0.29) is 18.2 Å². The lowest BCUT2D eigenvalue weighted by atomic mass is 10.1. The molecule has 1 aromatic rings. The standard InChI is InChI=1S/C14H17NO3/c1-18-13-4-2-3-11(9-13)5-6-14(17)15-8-7-12(16)10-15/h2-4,9H,5-8,10H2,1H3. The molecule has 1 aliphatic heterocycles. The van der Waals surface area contributed by atoms with Crippen LogP contribution in [0.5, 0.6) is 5.75 Å². The van der Waals surface area contributed by atoms with Crippen LogP contribution in [0.3, 0.4) is 0 Å². The van der Waals surface area contributed by atoms with Gasteiger partial charge in [0.25, 0.3) is 0 Å². The molecule has 2 rings (SSSR count). The summed E-state index contributed by atoms with van der Waals surface area (Å²) in [5, 5.41) is 0. The zero-order chi connectivity index (χ0) is 13.0. The molecule has 0 spiro atoms. The van der Waals surface area contributed by atoms with Crippen molar-refractivity contribution in [2.24, 2.45) is 0 Å². The molecule has 96 valence electrons. The first-order chi connectivity index (χ1) is 8.69. The third-order valence-corrected chi connectivity index (χ3v) is 3.14. The normalized spacial score (nSPS) is 14.9. The summed E-state index contributed by atoms with van der Waals surface area (Å²) in [6.45, 7) is 0.868. The fraction of sp³-hybridized carbons (Fsp3) is 0.429. The molecule has 1 amide bonds.